The molecule has 0 unspecified atom stereocenters. The van der Waals surface area contributed by atoms with Gasteiger partial charge in [0.25, 0.3) is 0 Å². The molecule has 0 spiro atoms. The summed E-state index contributed by atoms with van der Waals surface area (Å²) in [6, 6.07) is 74.2. The normalized spacial score (nSPS) is 12.2. The molecule has 5 heteroatoms. The summed E-state index contributed by atoms with van der Waals surface area (Å²) in [6.45, 7) is 0. The molecule has 0 atom stereocenters. The van der Waals surface area contributed by atoms with E-state index in [-0.39, 0.29) is 0 Å². The SMILES string of the molecule is c1ccc(-c2cc(-c3ccccc3)nc(-n3c4ccccc4c4c(-c5ccc6c(c5)c5c7cccc8c7c(cc5n6-c5ccccc5)Sc5ccccc5-8)cccc43)n2)cc1. The number of rotatable bonds is 5. The maximum atomic E-state index is 5.30. The first-order valence-electron chi connectivity index (χ1n) is 20.7. The van der Waals surface area contributed by atoms with Crippen LogP contribution in [0.2, 0.25) is 0 Å². The molecule has 0 saturated heterocycles. The van der Waals surface area contributed by atoms with Crippen LogP contribution in [0, 0.1) is 0 Å². The summed E-state index contributed by atoms with van der Waals surface area (Å²) >= 11 is 1.88. The second-order valence-corrected chi connectivity index (χ2v) is 16.8. The first-order valence-corrected chi connectivity index (χ1v) is 21.5. The smallest absolute Gasteiger partial charge is 0.235 e. The van der Waals surface area contributed by atoms with E-state index in [1.807, 2.05) is 23.9 Å². The molecule has 12 aromatic rings. The fraction of sp³-hybridized carbons (Fsp3) is 0. The van der Waals surface area contributed by atoms with E-state index in [1.54, 1.807) is 0 Å². The Morgan fingerprint density at radius 3 is 1.72 bits per heavy atom. The number of aromatic nitrogens is 4. The third kappa shape index (κ3) is 5.21. The molecule has 0 aliphatic carbocycles. The van der Waals surface area contributed by atoms with E-state index in [0.717, 1.165) is 50.2 Å². The maximum absolute atomic E-state index is 5.30. The lowest BCUT2D eigenvalue weighted by Gasteiger charge is -2.21. The van der Waals surface area contributed by atoms with Gasteiger partial charge in [-0.25, -0.2) is 9.97 Å². The highest BCUT2D eigenvalue weighted by Gasteiger charge is 2.25. The summed E-state index contributed by atoms with van der Waals surface area (Å²) in [6.07, 6.45) is 0. The van der Waals surface area contributed by atoms with Gasteiger partial charge in [-0.15, -0.1) is 0 Å². The highest BCUT2D eigenvalue weighted by molar-refractivity contribution is 7.99. The quantitative estimate of drug-likeness (QED) is 0.174. The van der Waals surface area contributed by atoms with Crippen LogP contribution < -0.4 is 0 Å². The lowest BCUT2D eigenvalue weighted by molar-refractivity contribution is 0.995. The van der Waals surface area contributed by atoms with Crippen LogP contribution in [0.4, 0.5) is 0 Å². The molecule has 0 amide bonds. The molecule has 1 aliphatic heterocycles. The Kier molecular flexibility index (Phi) is 7.50. The highest BCUT2D eigenvalue weighted by atomic mass is 32.2. The molecule has 0 N–H and O–H groups in total. The standard InChI is InChI=1S/C56H34N4S/c1-4-16-35(17-5-1)45-33-46(36-18-6-2-7-19-36)58-56(57-45)60-47-27-12-10-23-42(47)53-39(24-15-28-49(53)60)37-30-31-48-44(32-37)54-43-26-14-25-41-40-22-11-13-29-51(40)61-52(55(41)43)34-50(54)59(48)38-20-8-3-9-21-38/h1-34H. The molecular formula is C56H34N4S. The predicted molar refractivity (Wildman–Crippen MR) is 254 cm³/mol. The van der Waals surface area contributed by atoms with Crippen LogP contribution in [0.1, 0.15) is 0 Å². The molecule has 0 fully saturated rings. The van der Waals surface area contributed by atoms with Crippen LogP contribution in [0.5, 0.6) is 0 Å². The predicted octanol–water partition coefficient (Wildman–Crippen LogP) is 15.0. The van der Waals surface area contributed by atoms with Gasteiger partial charge in [0.1, 0.15) is 0 Å². The van der Waals surface area contributed by atoms with Crippen molar-refractivity contribution in [3.8, 4) is 56.4 Å². The Morgan fingerprint density at radius 2 is 0.934 bits per heavy atom. The minimum absolute atomic E-state index is 0.643. The van der Waals surface area contributed by atoms with Crippen molar-refractivity contribution in [3.05, 3.63) is 206 Å². The second-order valence-electron chi connectivity index (χ2n) is 15.7. The molecule has 0 saturated carbocycles. The first kappa shape index (κ1) is 34.2. The fourth-order valence-corrected chi connectivity index (χ4v) is 10.9. The van der Waals surface area contributed by atoms with Crippen molar-refractivity contribution < 1.29 is 0 Å². The van der Waals surface area contributed by atoms with Gasteiger partial charge in [-0.1, -0.05) is 163 Å². The van der Waals surface area contributed by atoms with Crippen LogP contribution in [-0.4, -0.2) is 19.1 Å². The van der Waals surface area contributed by atoms with Crippen molar-refractivity contribution in [1.29, 1.82) is 0 Å². The van der Waals surface area contributed by atoms with E-state index in [2.05, 4.69) is 203 Å². The lowest BCUT2D eigenvalue weighted by Crippen LogP contribution is -2.04. The van der Waals surface area contributed by atoms with Crippen molar-refractivity contribution in [3.63, 3.8) is 0 Å². The zero-order valence-electron chi connectivity index (χ0n) is 32.8. The Bertz CT molecular complexity index is 3660. The third-order valence-electron chi connectivity index (χ3n) is 12.3. The molecule has 0 radical (unpaired) electrons. The van der Waals surface area contributed by atoms with E-state index in [9.17, 15) is 0 Å². The monoisotopic (exact) mass is 794 g/mol. The molecule has 284 valence electrons. The van der Waals surface area contributed by atoms with Crippen LogP contribution in [-0.2, 0) is 0 Å². The van der Waals surface area contributed by atoms with E-state index in [1.165, 1.54) is 64.4 Å². The fourth-order valence-electron chi connectivity index (χ4n) is 9.70. The zero-order valence-corrected chi connectivity index (χ0v) is 33.6. The summed E-state index contributed by atoms with van der Waals surface area (Å²) < 4.78 is 4.70. The molecule has 3 aromatic heterocycles. The molecular weight excluding hydrogens is 761 g/mol. The summed E-state index contributed by atoms with van der Waals surface area (Å²) in [5.41, 5.74) is 14.5. The van der Waals surface area contributed by atoms with E-state index >= 15 is 0 Å². The average molecular weight is 795 g/mol. The summed E-state index contributed by atoms with van der Waals surface area (Å²) in [7, 11) is 0. The lowest BCUT2D eigenvalue weighted by atomic mass is 9.94. The third-order valence-corrected chi connectivity index (χ3v) is 13.4. The summed E-state index contributed by atoms with van der Waals surface area (Å²) in [4.78, 5) is 13.2. The number of hydrogen-bond donors (Lipinski definition) is 0. The second kappa shape index (κ2) is 13.4. The van der Waals surface area contributed by atoms with E-state index < -0.39 is 0 Å². The van der Waals surface area contributed by atoms with Gasteiger partial charge in [0.2, 0.25) is 5.95 Å². The largest absolute Gasteiger partial charge is 0.309 e. The Hall–Kier alpha value is -7.73. The van der Waals surface area contributed by atoms with Crippen LogP contribution >= 0.6 is 11.8 Å². The molecule has 61 heavy (non-hydrogen) atoms. The number of benzene rings is 9. The van der Waals surface area contributed by atoms with Gasteiger partial charge < -0.3 is 4.57 Å². The van der Waals surface area contributed by atoms with Gasteiger partial charge in [-0.3, -0.25) is 4.57 Å². The van der Waals surface area contributed by atoms with Crippen LogP contribution in [0.25, 0.3) is 111 Å². The number of para-hydroxylation sites is 2. The van der Waals surface area contributed by atoms with Crippen molar-refractivity contribution in [2.24, 2.45) is 0 Å². The zero-order chi connectivity index (χ0) is 40.0. The highest BCUT2D eigenvalue weighted by Crippen LogP contribution is 2.52. The minimum atomic E-state index is 0.643. The van der Waals surface area contributed by atoms with Crippen molar-refractivity contribution in [2.45, 2.75) is 9.79 Å². The minimum Gasteiger partial charge on any atom is -0.309 e. The molecule has 13 rings (SSSR count). The van der Waals surface area contributed by atoms with Gasteiger partial charge in [-0.2, -0.15) is 0 Å². The molecule has 9 aromatic carbocycles. The first-order chi connectivity index (χ1) is 30.3. The van der Waals surface area contributed by atoms with Gasteiger partial charge in [-0.05, 0) is 82.2 Å². The van der Waals surface area contributed by atoms with Gasteiger partial charge in [0, 0.05) is 53.5 Å². The Balaban J connectivity index is 1.08. The summed E-state index contributed by atoms with van der Waals surface area (Å²) in [5.74, 6) is 0.643. The van der Waals surface area contributed by atoms with Gasteiger partial charge in [0.15, 0.2) is 0 Å². The number of hydrogen-bond acceptors (Lipinski definition) is 3. The summed E-state index contributed by atoms with van der Waals surface area (Å²) in [5, 5.41) is 7.45. The van der Waals surface area contributed by atoms with Crippen molar-refractivity contribution in [1.82, 2.24) is 19.1 Å². The van der Waals surface area contributed by atoms with Gasteiger partial charge >= 0.3 is 0 Å². The van der Waals surface area contributed by atoms with Crippen molar-refractivity contribution in [2.75, 3.05) is 0 Å². The number of fused-ring (bicyclic) bond motifs is 9. The molecule has 1 aliphatic rings. The van der Waals surface area contributed by atoms with Crippen molar-refractivity contribution >= 4 is 66.1 Å². The Labute approximate surface area is 356 Å². The Morgan fingerprint density at radius 1 is 0.328 bits per heavy atom. The van der Waals surface area contributed by atoms with Crippen LogP contribution in [0.15, 0.2) is 216 Å². The van der Waals surface area contributed by atoms with Gasteiger partial charge in [0.05, 0.1) is 33.5 Å². The topological polar surface area (TPSA) is 35.6 Å². The average Bonchev–Trinajstić information content (AvgIpc) is 3.85. The molecule has 4 nitrogen and oxygen atoms in total. The maximum Gasteiger partial charge on any atom is 0.235 e. The number of nitrogens with zero attached hydrogens (tertiary/aromatic N) is 4. The van der Waals surface area contributed by atoms with Crippen LogP contribution in [0.3, 0.4) is 0 Å². The van der Waals surface area contributed by atoms with E-state index in [0.29, 0.717) is 5.95 Å². The van der Waals surface area contributed by atoms with E-state index in [4.69, 9.17) is 9.97 Å². The molecule has 0 bridgehead atoms. The molecule has 4 heterocycles.